The molecule has 5 nitrogen and oxygen atoms in total. The van der Waals surface area contributed by atoms with Crippen molar-refractivity contribution in [3.63, 3.8) is 0 Å². The van der Waals surface area contributed by atoms with Crippen LogP contribution >= 0.6 is 15.9 Å². The number of carbonyl (C=O) groups excluding carboxylic acids is 1. The van der Waals surface area contributed by atoms with E-state index in [-0.39, 0.29) is 17.3 Å². The Morgan fingerprint density at radius 2 is 1.86 bits per heavy atom. The molecule has 0 aliphatic carbocycles. The van der Waals surface area contributed by atoms with Crippen LogP contribution in [0.5, 0.6) is 17.2 Å². The second kappa shape index (κ2) is 5.65. The second-order valence-corrected chi connectivity index (χ2v) is 5.39. The Bertz CT molecular complexity index is 702. The van der Waals surface area contributed by atoms with E-state index >= 15 is 0 Å². The maximum atomic E-state index is 12.2. The van der Waals surface area contributed by atoms with Gasteiger partial charge in [-0.05, 0) is 18.2 Å². The molecule has 2 aromatic carbocycles. The monoisotopic (exact) mass is 349 g/mol. The van der Waals surface area contributed by atoms with Gasteiger partial charge in [0.05, 0.1) is 5.69 Å². The molecule has 0 aromatic heterocycles. The van der Waals surface area contributed by atoms with Gasteiger partial charge >= 0.3 is 0 Å². The van der Waals surface area contributed by atoms with Gasteiger partial charge in [-0.1, -0.05) is 22.0 Å². The number of anilines is 1. The predicted molar refractivity (Wildman–Crippen MR) is 81.2 cm³/mol. The van der Waals surface area contributed by atoms with Crippen molar-refractivity contribution < 1.29 is 19.4 Å². The van der Waals surface area contributed by atoms with E-state index in [4.69, 9.17) is 9.47 Å². The number of halogens is 1. The van der Waals surface area contributed by atoms with Gasteiger partial charge in [-0.25, -0.2) is 0 Å². The number of benzene rings is 2. The average molecular weight is 350 g/mol. The lowest BCUT2D eigenvalue weighted by atomic mass is 10.2. The molecule has 0 bridgehead atoms. The number of phenolic OH excluding ortho intramolecular Hbond substituents is 1. The zero-order valence-corrected chi connectivity index (χ0v) is 12.5. The summed E-state index contributed by atoms with van der Waals surface area (Å²) in [7, 11) is 0. The zero-order chi connectivity index (χ0) is 14.8. The standard InChI is InChI=1S/C15H12BrNO4/c16-10-3-1-2-9(6-10)15(19)17-11-7-13-14(8-12(11)18)21-5-4-20-13/h1-3,6-8,18H,4-5H2,(H,17,19). The van der Waals surface area contributed by atoms with E-state index < -0.39 is 0 Å². The highest BCUT2D eigenvalue weighted by atomic mass is 79.9. The molecule has 2 N–H and O–H groups in total. The molecule has 0 fully saturated rings. The van der Waals surface area contributed by atoms with E-state index in [2.05, 4.69) is 21.2 Å². The largest absolute Gasteiger partial charge is 0.506 e. The Morgan fingerprint density at radius 3 is 2.57 bits per heavy atom. The molecular weight excluding hydrogens is 338 g/mol. The maximum Gasteiger partial charge on any atom is 0.255 e. The Labute approximate surface area is 129 Å². The fourth-order valence-corrected chi connectivity index (χ4v) is 2.40. The summed E-state index contributed by atoms with van der Waals surface area (Å²) in [5.74, 6) is 0.591. The lowest BCUT2D eigenvalue weighted by Gasteiger charge is -2.19. The molecule has 3 rings (SSSR count). The van der Waals surface area contributed by atoms with Crippen molar-refractivity contribution in [2.75, 3.05) is 18.5 Å². The van der Waals surface area contributed by atoms with E-state index in [1.54, 1.807) is 24.3 Å². The minimum atomic E-state index is -0.316. The fourth-order valence-electron chi connectivity index (χ4n) is 2.00. The molecule has 0 saturated carbocycles. The van der Waals surface area contributed by atoms with Gasteiger partial charge in [0.15, 0.2) is 11.5 Å². The first-order valence-electron chi connectivity index (χ1n) is 6.33. The van der Waals surface area contributed by atoms with Gasteiger partial charge in [-0.2, -0.15) is 0 Å². The van der Waals surface area contributed by atoms with E-state index in [1.165, 1.54) is 6.07 Å². The third-order valence-corrected chi connectivity index (χ3v) is 3.49. The summed E-state index contributed by atoms with van der Waals surface area (Å²) in [6.45, 7) is 0.882. The number of phenols is 1. The van der Waals surface area contributed by atoms with Gasteiger partial charge in [0.1, 0.15) is 19.0 Å². The van der Waals surface area contributed by atoms with Crippen molar-refractivity contribution in [3.05, 3.63) is 46.4 Å². The van der Waals surface area contributed by atoms with Crippen LogP contribution in [0.1, 0.15) is 10.4 Å². The SMILES string of the molecule is O=C(Nc1cc2c(cc1O)OCCO2)c1cccc(Br)c1. The first kappa shape index (κ1) is 13.8. The Balaban J connectivity index is 1.86. The molecule has 1 aliphatic heterocycles. The van der Waals surface area contributed by atoms with Crippen LogP contribution in [0.3, 0.4) is 0 Å². The van der Waals surface area contributed by atoms with Gasteiger partial charge in [0.25, 0.3) is 5.91 Å². The van der Waals surface area contributed by atoms with Crippen molar-refractivity contribution in [1.82, 2.24) is 0 Å². The average Bonchev–Trinajstić information content (AvgIpc) is 2.48. The molecule has 0 saturated heterocycles. The number of fused-ring (bicyclic) bond motifs is 1. The quantitative estimate of drug-likeness (QED) is 0.817. The van der Waals surface area contributed by atoms with Gasteiger partial charge < -0.3 is 19.9 Å². The van der Waals surface area contributed by atoms with Crippen molar-refractivity contribution in [3.8, 4) is 17.2 Å². The number of nitrogens with one attached hydrogen (secondary N) is 1. The minimum absolute atomic E-state index is 0.0670. The number of rotatable bonds is 2. The van der Waals surface area contributed by atoms with Crippen LogP contribution in [0.2, 0.25) is 0 Å². The molecule has 1 amide bonds. The normalized spacial score (nSPS) is 12.8. The Hall–Kier alpha value is -2.21. The van der Waals surface area contributed by atoms with Crippen LogP contribution in [0, 0.1) is 0 Å². The third-order valence-electron chi connectivity index (χ3n) is 3.00. The maximum absolute atomic E-state index is 12.2. The number of amides is 1. The molecule has 21 heavy (non-hydrogen) atoms. The van der Waals surface area contributed by atoms with Crippen LogP contribution < -0.4 is 14.8 Å². The van der Waals surface area contributed by atoms with E-state index in [0.717, 1.165) is 4.47 Å². The summed E-state index contributed by atoms with van der Waals surface area (Å²) in [6, 6.07) is 9.98. The van der Waals surface area contributed by atoms with Crippen molar-refractivity contribution in [2.24, 2.45) is 0 Å². The molecule has 0 unspecified atom stereocenters. The van der Waals surface area contributed by atoms with Crippen LogP contribution in [0.25, 0.3) is 0 Å². The lowest BCUT2D eigenvalue weighted by Crippen LogP contribution is -2.16. The highest BCUT2D eigenvalue weighted by molar-refractivity contribution is 9.10. The molecule has 6 heteroatoms. The lowest BCUT2D eigenvalue weighted by molar-refractivity contribution is 0.102. The van der Waals surface area contributed by atoms with Crippen molar-refractivity contribution in [2.45, 2.75) is 0 Å². The number of aromatic hydroxyl groups is 1. The number of hydrogen-bond acceptors (Lipinski definition) is 4. The number of ether oxygens (including phenoxy) is 2. The summed E-state index contributed by atoms with van der Waals surface area (Å²) in [6.07, 6.45) is 0. The first-order valence-corrected chi connectivity index (χ1v) is 7.12. The number of carbonyl (C=O) groups is 1. The Kier molecular flexibility index (Phi) is 3.70. The van der Waals surface area contributed by atoms with E-state index in [1.807, 2.05) is 6.07 Å². The number of hydrogen-bond donors (Lipinski definition) is 2. The summed E-state index contributed by atoms with van der Waals surface area (Å²) in [4.78, 5) is 12.2. The predicted octanol–water partition coefficient (Wildman–Crippen LogP) is 3.18. The van der Waals surface area contributed by atoms with Crippen LogP contribution in [-0.4, -0.2) is 24.2 Å². The molecule has 1 aliphatic rings. The van der Waals surface area contributed by atoms with E-state index in [0.29, 0.717) is 30.3 Å². The van der Waals surface area contributed by atoms with Crippen molar-refractivity contribution in [1.29, 1.82) is 0 Å². The fraction of sp³-hybridized carbons (Fsp3) is 0.133. The molecule has 0 radical (unpaired) electrons. The second-order valence-electron chi connectivity index (χ2n) is 4.48. The summed E-state index contributed by atoms with van der Waals surface area (Å²) >= 11 is 3.31. The zero-order valence-electron chi connectivity index (χ0n) is 10.9. The highest BCUT2D eigenvalue weighted by Crippen LogP contribution is 2.39. The molecule has 2 aromatic rings. The van der Waals surface area contributed by atoms with Gasteiger partial charge in [-0.3, -0.25) is 4.79 Å². The molecular formula is C15H12BrNO4. The molecule has 0 spiro atoms. The highest BCUT2D eigenvalue weighted by Gasteiger charge is 2.17. The summed E-state index contributed by atoms with van der Waals surface area (Å²) in [5, 5.41) is 12.6. The van der Waals surface area contributed by atoms with E-state index in [9.17, 15) is 9.90 Å². The first-order chi connectivity index (χ1) is 10.1. The van der Waals surface area contributed by atoms with Crippen LogP contribution in [-0.2, 0) is 0 Å². The van der Waals surface area contributed by atoms with Gasteiger partial charge in [0, 0.05) is 22.2 Å². The topological polar surface area (TPSA) is 67.8 Å². The van der Waals surface area contributed by atoms with Crippen LogP contribution in [0.15, 0.2) is 40.9 Å². The third kappa shape index (κ3) is 2.95. The Morgan fingerprint density at radius 1 is 1.14 bits per heavy atom. The van der Waals surface area contributed by atoms with Gasteiger partial charge in [-0.15, -0.1) is 0 Å². The minimum Gasteiger partial charge on any atom is -0.506 e. The molecule has 0 atom stereocenters. The van der Waals surface area contributed by atoms with Crippen LogP contribution in [0.4, 0.5) is 5.69 Å². The van der Waals surface area contributed by atoms with Crippen molar-refractivity contribution >= 4 is 27.5 Å². The summed E-state index contributed by atoms with van der Waals surface area (Å²) < 4.78 is 11.6. The molecule has 108 valence electrons. The van der Waals surface area contributed by atoms with Gasteiger partial charge in [0.2, 0.25) is 0 Å². The molecule has 1 heterocycles. The smallest absolute Gasteiger partial charge is 0.255 e. The summed E-state index contributed by atoms with van der Waals surface area (Å²) in [5.41, 5.74) is 0.767.